The average Bonchev–Trinajstić information content (AvgIpc) is 2.42. The highest BCUT2D eigenvalue weighted by Gasteiger charge is 2.13. The first-order chi connectivity index (χ1) is 9.90. The maximum atomic E-state index is 13.3. The lowest BCUT2D eigenvalue weighted by Crippen LogP contribution is -2.10. The van der Waals surface area contributed by atoms with Crippen LogP contribution in [0.1, 0.15) is 31.9 Å². The summed E-state index contributed by atoms with van der Waals surface area (Å²) in [5, 5.41) is 0. The number of hydrogen-bond donors (Lipinski definition) is 1. The third kappa shape index (κ3) is 4.05. The van der Waals surface area contributed by atoms with Crippen LogP contribution in [0.4, 0.5) is 4.39 Å². The lowest BCUT2D eigenvalue weighted by Gasteiger charge is -2.19. The van der Waals surface area contributed by atoms with Gasteiger partial charge in [-0.15, -0.1) is 0 Å². The second-order valence-corrected chi connectivity index (χ2v) is 6.17. The van der Waals surface area contributed by atoms with Crippen LogP contribution in [0.25, 0.3) is 0 Å². The van der Waals surface area contributed by atoms with Gasteiger partial charge >= 0.3 is 0 Å². The van der Waals surface area contributed by atoms with Crippen molar-refractivity contribution in [2.45, 2.75) is 32.6 Å². The van der Waals surface area contributed by atoms with E-state index in [-0.39, 0.29) is 11.2 Å². The third-order valence-corrected chi connectivity index (χ3v) is 3.38. The molecule has 0 heterocycles. The van der Waals surface area contributed by atoms with Gasteiger partial charge < -0.3 is 10.5 Å². The van der Waals surface area contributed by atoms with Crippen LogP contribution in [-0.4, -0.2) is 6.54 Å². The smallest absolute Gasteiger partial charge is 0.130 e. The van der Waals surface area contributed by atoms with Gasteiger partial charge in [-0.1, -0.05) is 32.9 Å². The monoisotopic (exact) mass is 287 g/mol. The number of ether oxygens (including phenoxy) is 1. The molecule has 0 fully saturated rings. The van der Waals surface area contributed by atoms with Gasteiger partial charge in [0.2, 0.25) is 0 Å². The standard InChI is InChI=1S/C18H22FNO/c1-18(2,3)14-4-7-16(8-5-14)21-17-9-6-15(19)12-13(17)10-11-20/h4-9,12H,10-11,20H2,1-3H3. The van der Waals surface area contributed by atoms with Crippen LogP contribution in [0.3, 0.4) is 0 Å². The fourth-order valence-corrected chi connectivity index (χ4v) is 2.15. The summed E-state index contributed by atoms with van der Waals surface area (Å²) in [6, 6.07) is 12.5. The molecule has 0 atom stereocenters. The molecule has 0 aliphatic carbocycles. The van der Waals surface area contributed by atoms with E-state index in [1.165, 1.54) is 17.7 Å². The van der Waals surface area contributed by atoms with Crippen LogP contribution in [0.2, 0.25) is 0 Å². The van der Waals surface area contributed by atoms with E-state index in [1.54, 1.807) is 6.07 Å². The fraction of sp³-hybridized carbons (Fsp3) is 0.333. The zero-order valence-electron chi connectivity index (χ0n) is 12.8. The Morgan fingerprint density at radius 2 is 1.71 bits per heavy atom. The third-order valence-electron chi connectivity index (χ3n) is 3.38. The molecule has 2 nitrogen and oxygen atoms in total. The summed E-state index contributed by atoms with van der Waals surface area (Å²) in [6.07, 6.45) is 0.590. The lowest BCUT2D eigenvalue weighted by molar-refractivity contribution is 0.472. The normalized spacial score (nSPS) is 11.5. The van der Waals surface area contributed by atoms with Gasteiger partial charge in [-0.2, -0.15) is 0 Å². The summed E-state index contributed by atoms with van der Waals surface area (Å²) in [4.78, 5) is 0. The molecule has 3 heteroatoms. The molecule has 112 valence electrons. The van der Waals surface area contributed by atoms with Crippen molar-refractivity contribution in [3.63, 3.8) is 0 Å². The summed E-state index contributed by atoms with van der Waals surface area (Å²) in [5.41, 5.74) is 7.71. The predicted molar refractivity (Wildman–Crippen MR) is 84.4 cm³/mol. The van der Waals surface area contributed by atoms with E-state index in [9.17, 15) is 4.39 Å². The van der Waals surface area contributed by atoms with Gasteiger partial charge in [0, 0.05) is 0 Å². The van der Waals surface area contributed by atoms with Crippen molar-refractivity contribution in [1.29, 1.82) is 0 Å². The lowest BCUT2D eigenvalue weighted by atomic mass is 9.87. The molecule has 2 N–H and O–H groups in total. The summed E-state index contributed by atoms with van der Waals surface area (Å²) in [6.45, 7) is 6.97. The second kappa shape index (κ2) is 6.27. The molecule has 0 bridgehead atoms. The van der Waals surface area contributed by atoms with E-state index in [0.29, 0.717) is 18.7 Å². The maximum absolute atomic E-state index is 13.3. The molecule has 2 rings (SSSR count). The largest absolute Gasteiger partial charge is 0.457 e. The van der Waals surface area contributed by atoms with Crippen LogP contribution in [0.5, 0.6) is 11.5 Å². The minimum absolute atomic E-state index is 0.110. The Morgan fingerprint density at radius 3 is 2.29 bits per heavy atom. The fourth-order valence-electron chi connectivity index (χ4n) is 2.15. The molecule has 0 saturated carbocycles. The highest BCUT2D eigenvalue weighted by atomic mass is 19.1. The van der Waals surface area contributed by atoms with Crippen molar-refractivity contribution in [1.82, 2.24) is 0 Å². The van der Waals surface area contributed by atoms with Gasteiger partial charge in [-0.05, 0) is 59.8 Å². The number of halogens is 1. The first-order valence-corrected chi connectivity index (χ1v) is 7.17. The van der Waals surface area contributed by atoms with Crippen molar-refractivity contribution in [2.24, 2.45) is 5.73 Å². The maximum Gasteiger partial charge on any atom is 0.130 e. The molecule has 0 aromatic heterocycles. The molecule has 0 aliphatic heterocycles. The van der Waals surface area contributed by atoms with E-state index in [0.717, 1.165) is 11.3 Å². The summed E-state index contributed by atoms with van der Waals surface area (Å²) in [5.74, 6) is 1.13. The van der Waals surface area contributed by atoms with Crippen LogP contribution >= 0.6 is 0 Å². The summed E-state index contributed by atoms with van der Waals surface area (Å²) in [7, 11) is 0. The Kier molecular flexibility index (Phi) is 4.63. The van der Waals surface area contributed by atoms with E-state index in [2.05, 4.69) is 32.9 Å². The van der Waals surface area contributed by atoms with E-state index < -0.39 is 0 Å². The van der Waals surface area contributed by atoms with Gasteiger partial charge in [-0.25, -0.2) is 4.39 Å². The topological polar surface area (TPSA) is 35.2 Å². The molecular weight excluding hydrogens is 265 g/mol. The molecule has 0 amide bonds. The molecule has 0 saturated heterocycles. The van der Waals surface area contributed by atoms with Crippen LogP contribution in [0.15, 0.2) is 42.5 Å². The van der Waals surface area contributed by atoms with Crippen molar-refractivity contribution < 1.29 is 9.13 Å². The molecule has 0 radical (unpaired) electrons. The Labute approximate surface area is 125 Å². The van der Waals surface area contributed by atoms with Crippen LogP contribution in [0, 0.1) is 5.82 Å². The Morgan fingerprint density at radius 1 is 1.05 bits per heavy atom. The molecule has 0 unspecified atom stereocenters. The molecule has 0 aliphatic rings. The summed E-state index contributed by atoms with van der Waals surface area (Å²) >= 11 is 0. The minimum atomic E-state index is -0.270. The average molecular weight is 287 g/mol. The number of benzene rings is 2. The van der Waals surface area contributed by atoms with Crippen molar-refractivity contribution in [3.8, 4) is 11.5 Å². The number of hydrogen-bond acceptors (Lipinski definition) is 2. The summed E-state index contributed by atoms with van der Waals surface area (Å²) < 4.78 is 19.2. The van der Waals surface area contributed by atoms with Gasteiger partial charge in [-0.3, -0.25) is 0 Å². The first kappa shape index (κ1) is 15.5. The van der Waals surface area contributed by atoms with Gasteiger partial charge in [0.15, 0.2) is 0 Å². The predicted octanol–water partition coefficient (Wildman–Crippen LogP) is 4.42. The van der Waals surface area contributed by atoms with Crippen LogP contribution in [-0.2, 0) is 11.8 Å². The van der Waals surface area contributed by atoms with Crippen LogP contribution < -0.4 is 10.5 Å². The Balaban J connectivity index is 2.22. The van der Waals surface area contributed by atoms with E-state index in [4.69, 9.17) is 10.5 Å². The van der Waals surface area contributed by atoms with E-state index >= 15 is 0 Å². The molecule has 0 spiro atoms. The zero-order chi connectivity index (χ0) is 15.5. The second-order valence-electron chi connectivity index (χ2n) is 6.17. The quantitative estimate of drug-likeness (QED) is 0.903. The number of rotatable bonds is 4. The molecule has 21 heavy (non-hydrogen) atoms. The minimum Gasteiger partial charge on any atom is -0.457 e. The zero-order valence-corrected chi connectivity index (χ0v) is 12.8. The molecular formula is C18H22FNO. The Bertz CT molecular complexity index is 600. The first-order valence-electron chi connectivity index (χ1n) is 7.17. The molecule has 2 aromatic rings. The Hall–Kier alpha value is -1.87. The van der Waals surface area contributed by atoms with Crippen molar-refractivity contribution in [3.05, 3.63) is 59.4 Å². The van der Waals surface area contributed by atoms with E-state index in [1.807, 2.05) is 12.1 Å². The highest BCUT2D eigenvalue weighted by Crippen LogP contribution is 2.29. The van der Waals surface area contributed by atoms with Crippen molar-refractivity contribution >= 4 is 0 Å². The van der Waals surface area contributed by atoms with Gasteiger partial charge in [0.05, 0.1) is 0 Å². The van der Waals surface area contributed by atoms with Gasteiger partial charge in [0.25, 0.3) is 0 Å². The molecule has 2 aromatic carbocycles. The SMILES string of the molecule is CC(C)(C)c1ccc(Oc2ccc(F)cc2CCN)cc1. The number of nitrogens with two attached hydrogens (primary N) is 1. The van der Waals surface area contributed by atoms with Crippen molar-refractivity contribution in [2.75, 3.05) is 6.54 Å². The van der Waals surface area contributed by atoms with Gasteiger partial charge in [0.1, 0.15) is 17.3 Å². The highest BCUT2D eigenvalue weighted by molar-refractivity contribution is 5.39.